The Morgan fingerprint density at radius 3 is 2.66 bits per heavy atom. The lowest BCUT2D eigenvalue weighted by atomic mass is 9.88. The third kappa shape index (κ3) is 5.13. The van der Waals surface area contributed by atoms with Crippen LogP contribution >= 0.6 is 23.6 Å². The molecular formula is C19H23N3O4S3. The van der Waals surface area contributed by atoms with Crippen molar-refractivity contribution in [3.63, 3.8) is 0 Å². The molecule has 3 rings (SSSR count). The first-order valence-corrected chi connectivity index (χ1v) is 11.9. The summed E-state index contributed by atoms with van der Waals surface area (Å²) in [5.41, 5.74) is 2.47. The number of hydrogen-bond donors (Lipinski definition) is 3. The van der Waals surface area contributed by atoms with Crippen LogP contribution in [0.25, 0.3) is 0 Å². The normalized spacial score (nSPS) is 16.0. The number of thiocarbonyl (C=S) groups is 1. The van der Waals surface area contributed by atoms with Gasteiger partial charge in [0.25, 0.3) is 0 Å². The number of rotatable bonds is 5. The first kappa shape index (κ1) is 21.7. The van der Waals surface area contributed by atoms with Crippen LogP contribution in [0.1, 0.15) is 39.7 Å². The third-order valence-corrected chi connectivity index (χ3v) is 7.18. The molecule has 0 bridgehead atoms. The predicted molar refractivity (Wildman–Crippen MR) is 118 cm³/mol. The smallest absolute Gasteiger partial charge is 0.341 e. The number of anilines is 1. The van der Waals surface area contributed by atoms with Gasteiger partial charge in [-0.1, -0.05) is 19.1 Å². The van der Waals surface area contributed by atoms with E-state index in [9.17, 15) is 13.2 Å². The van der Waals surface area contributed by atoms with E-state index in [0.717, 1.165) is 30.4 Å². The lowest BCUT2D eigenvalue weighted by molar-refractivity contribution is 0.0601. The molecule has 1 aliphatic carbocycles. The third-order valence-electron chi connectivity index (χ3n) is 4.83. The summed E-state index contributed by atoms with van der Waals surface area (Å²) in [6.07, 6.45) is 2.85. The van der Waals surface area contributed by atoms with E-state index in [4.69, 9.17) is 22.1 Å². The second-order valence-corrected chi connectivity index (χ2v) is 10.1. The van der Waals surface area contributed by atoms with Crippen molar-refractivity contribution in [3.8, 4) is 0 Å². The quantitative estimate of drug-likeness (QED) is 0.472. The second kappa shape index (κ2) is 8.78. The van der Waals surface area contributed by atoms with E-state index in [0.29, 0.717) is 28.1 Å². The molecule has 4 N–H and O–H groups in total. The Hall–Kier alpha value is -2.01. The van der Waals surface area contributed by atoms with Gasteiger partial charge in [-0.25, -0.2) is 18.4 Å². The summed E-state index contributed by atoms with van der Waals surface area (Å²) < 4.78 is 27.6. The van der Waals surface area contributed by atoms with Crippen LogP contribution < -0.4 is 15.8 Å². The van der Waals surface area contributed by atoms with Gasteiger partial charge in [-0.2, -0.15) is 0 Å². The molecule has 156 valence electrons. The Balaban J connectivity index is 1.70. The standard InChI is InChI=1S/C19H23N3O4S3/c1-11-3-8-14-15(9-11)28-17(16(14)18(23)26-2)22-19(27)21-10-12-4-6-13(7-5-12)29(20,24)25/h4-7,11H,3,8-10H2,1-2H3,(H2,20,24,25)(H2,21,22,27)/t11-/m0/s1. The number of benzene rings is 1. The van der Waals surface area contributed by atoms with E-state index in [1.54, 1.807) is 23.5 Å². The van der Waals surface area contributed by atoms with Gasteiger partial charge in [0, 0.05) is 11.4 Å². The fourth-order valence-corrected chi connectivity index (χ4v) is 5.44. The monoisotopic (exact) mass is 453 g/mol. The number of primary sulfonamides is 1. The summed E-state index contributed by atoms with van der Waals surface area (Å²) in [4.78, 5) is 13.6. The van der Waals surface area contributed by atoms with Gasteiger partial charge < -0.3 is 15.4 Å². The molecule has 0 spiro atoms. The number of nitrogens with one attached hydrogen (secondary N) is 2. The minimum Gasteiger partial charge on any atom is -0.465 e. The molecule has 0 fully saturated rings. The predicted octanol–water partition coefficient (Wildman–Crippen LogP) is 2.79. The van der Waals surface area contributed by atoms with Crippen LogP contribution in [0.4, 0.5) is 5.00 Å². The zero-order valence-corrected chi connectivity index (χ0v) is 18.6. The van der Waals surface area contributed by atoms with Gasteiger partial charge >= 0.3 is 5.97 Å². The van der Waals surface area contributed by atoms with Crippen LogP contribution in [0.2, 0.25) is 0 Å². The Kier molecular flexibility index (Phi) is 6.57. The number of hydrogen-bond acceptors (Lipinski definition) is 6. The molecule has 1 atom stereocenters. The minimum atomic E-state index is -3.71. The average Bonchev–Trinajstić information content (AvgIpc) is 3.02. The summed E-state index contributed by atoms with van der Waals surface area (Å²) in [6.45, 7) is 2.60. The van der Waals surface area contributed by atoms with E-state index in [-0.39, 0.29) is 10.9 Å². The number of esters is 1. The van der Waals surface area contributed by atoms with Crippen LogP contribution in [0.15, 0.2) is 29.2 Å². The first-order valence-electron chi connectivity index (χ1n) is 9.08. The number of ether oxygens (including phenoxy) is 1. The lowest BCUT2D eigenvalue weighted by Gasteiger charge is -2.18. The van der Waals surface area contributed by atoms with Crippen molar-refractivity contribution in [3.05, 3.63) is 45.8 Å². The summed E-state index contributed by atoms with van der Waals surface area (Å²) in [7, 11) is -2.34. The molecule has 1 heterocycles. The molecular weight excluding hydrogens is 430 g/mol. The van der Waals surface area contributed by atoms with E-state index in [1.807, 2.05) is 0 Å². The maximum absolute atomic E-state index is 12.3. The average molecular weight is 454 g/mol. The number of thiophene rings is 1. The van der Waals surface area contributed by atoms with Gasteiger partial charge in [-0.15, -0.1) is 11.3 Å². The van der Waals surface area contributed by atoms with Crippen molar-refractivity contribution >= 4 is 49.7 Å². The van der Waals surface area contributed by atoms with Gasteiger partial charge in [0.2, 0.25) is 10.0 Å². The van der Waals surface area contributed by atoms with E-state index in [2.05, 4.69) is 17.6 Å². The Morgan fingerprint density at radius 2 is 2.03 bits per heavy atom. The fourth-order valence-electron chi connectivity index (χ4n) is 3.28. The number of nitrogens with two attached hydrogens (primary N) is 1. The molecule has 2 aromatic rings. The van der Waals surface area contributed by atoms with Crippen LogP contribution in [0.3, 0.4) is 0 Å². The van der Waals surface area contributed by atoms with Gasteiger partial charge in [-0.3, -0.25) is 0 Å². The maximum Gasteiger partial charge on any atom is 0.341 e. The maximum atomic E-state index is 12.3. The molecule has 1 aromatic carbocycles. The molecule has 1 aliphatic rings. The Labute approximate surface area is 179 Å². The highest BCUT2D eigenvalue weighted by molar-refractivity contribution is 7.89. The molecule has 0 aliphatic heterocycles. The van der Waals surface area contributed by atoms with Gasteiger partial charge in [-0.05, 0) is 60.7 Å². The zero-order chi connectivity index (χ0) is 21.2. The van der Waals surface area contributed by atoms with Crippen molar-refractivity contribution in [1.29, 1.82) is 0 Å². The number of methoxy groups -OCH3 is 1. The number of carbonyl (C=O) groups is 1. The molecule has 29 heavy (non-hydrogen) atoms. The molecule has 7 nitrogen and oxygen atoms in total. The van der Waals surface area contributed by atoms with Crippen molar-refractivity contribution in [2.45, 2.75) is 37.6 Å². The van der Waals surface area contributed by atoms with Gasteiger partial charge in [0.15, 0.2) is 5.11 Å². The molecule has 0 radical (unpaired) electrons. The Morgan fingerprint density at radius 1 is 1.34 bits per heavy atom. The van der Waals surface area contributed by atoms with E-state index < -0.39 is 10.0 Å². The van der Waals surface area contributed by atoms with Crippen molar-refractivity contribution in [2.24, 2.45) is 11.1 Å². The van der Waals surface area contributed by atoms with Gasteiger partial charge in [0.05, 0.1) is 17.6 Å². The van der Waals surface area contributed by atoms with Crippen LogP contribution in [0.5, 0.6) is 0 Å². The van der Waals surface area contributed by atoms with Crippen molar-refractivity contribution < 1.29 is 17.9 Å². The summed E-state index contributed by atoms with van der Waals surface area (Å²) in [5.74, 6) is 0.228. The van der Waals surface area contributed by atoms with Gasteiger partial charge in [0.1, 0.15) is 5.00 Å². The molecule has 0 saturated heterocycles. The highest BCUT2D eigenvalue weighted by Crippen LogP contribution is 2.40. The highest BCUT2D eigenvalue weighted by Gasteiger charge is 2.28. The fraction of sp³-hybridized carbons (Fsp3) is 0.368. The van der Waals surface area contributed by atoms with Crippen molar-refractivity contribution in [2.75, 3.05) is 12.4 Å². The first-order chi connectivity index (χ1) is 13.7. The SMILES string of the molecule is COC(=O)c1c(NC(=S)NCc2ccc(S(N)(=O)=O)cc2)sc2c1CC[C@H](C)C2. The summed E-state index contributed by atoms with van der Waals surface area (Å²) in [5, 5.41) is 12.4. The second-order valence-electron chi connectivity index (χ2n) is 7.04. The highest BCUT2D eigenvalue weighted by atomic mass is 32.2. The van der Waals surface area contributed by atoms with E-state index in [1.165, 1.54) is 24.1 Å². The van der Waals surface area contributed by atoms with E-state index >= 15 is 0 Å². The number of fused-ring (bicyclic) bond motifs is 1. The van der Waals surface area contributed by atoms with Crippen molar-refractivity contribution in [1.82, 2.24) is 5.32 Å². The topological polar surface area (TPSA) is 111 Å². The number of sulfonamides is 1. The molecule has 0 unspecified atom stereocenters. The molecule has 1 aromatic heterocycles. The Bertz CT molecular complexity index is 1030. The minimum absolute atomic E-state index is 0.0584. The lowest BCUT2D eigenvalue weighted by Crippen LogP contribution is -2.28. The molecule has 0 amide bonds. The molecule has 10 heteroatoms. The van der Waals surface area contributed by atoms with Crippen LogP contribution in [0, 0.1) is 5.92 Å². The summed E-state index contributed by atoms with van der Waals surface area (Å²) in [6, 6.07) is 6.24. The van der Waals surface area contributed by atoms with Crippen LogP contribution in [-0.2, 0) is 34.1 Å². The molecule has 0 saturated carbocycles. The largest absolute Gasteiger partial charge is 0.465 e. The van der Waals surface area contributed by atoms with Crippen LogP contribution in [-0.4, -0.2) is 26.6 Å². The summed E-state index contributed by atoms with van der Waals surface area (Å²) >= 11 is 6.93. The number of carbonyl (C=O) groups excluding carboxylic acids is 1. The zero-order valence-electron chi connectivity index (χ0n) is 16.2.